The first kappa shape index (κ1) is 22.7. The number of hydrogen-bond donors (Lipinski definition) is 0. The van der Waals surface area contributed by atoms with Crippen LogP contribution in [0.1, 0.15) is 40.0 Å². The maximum atomic E-state index is 11.8. The fourth-order valence-corrected chi connectivity index (χ4v) is 5.51. The van der Waals surface area contributed by atoms with E-state index in [-0.39, 0.29) is 5.78 Å². The highest BCUT2D eigenvalue weighted by atomic mass is 32.1. The number of thiazole rings is 1. The van der Waals surface area contributed by atoms with Crippen LogP contribution in [-0.4, -0.2) is 38.9 Å². The summed E-state index contributed by atoms with van der Waals surface area (Å²) in [5, 5.41) is 9.73. The number of fused-ring (bicyclic) bond motifs is 3. The Morgan fingerprint density at radius 1 is 1.31 bits per heavy atom. The van der Waals surface area contributed by atoms with E-state index in [4.69, 9.17) is 21.3 Å². The van der Waals surface area contributed by atoms with E-state index in [1.807, 2.05) is 48.1 Å². The molecule has 5 rings (SSSR count). The number of oxime groups is 1. The molecule has 3 aromatic heterocycles. The van der Waals surface area contributed by atoms with Gasteiger partial charge in [-0.25, -0.2) is 9.67 Å². The van der Waals surface area contributed by atoms with Crippen LogP contribution < -0.4 is 0 Å². The summed E-state index contributed by atoms with van der Waals surface area (Å²) in [5.74, 6) is 2.89. The summed E-state index contributed by atoms with van der Waals surface area (Å²) in [6.45, 7) is 3.55. The number of terminal acetylenes is 1. The second kappa shape index (κ2) is 9.28. The summed E-state index contributed by atoms with van der Waals surface area (Å²) in [5.41, 5.74) is 8.20. The van der Waals surface area contributed by atoms with Crippen LogP contribution in [0, 0.1) is 19.3 Å². The first-order valence-electron chi connectivity index (χ1n) is 11.2. The van der Waals surface area contributed by atoms with Crippen molar-refractivity contribution < 1.29 is 9.63 Å². The molecule has 1 aliphatic rings. The van der Waals surface area contributed by atoms with Crippen molar-refractivity contribution in [2.24, 2.45) is 5.16 Å². The molecular formula is C27H23N5O2S. The number of carbonyl (C=O) groups is 1. The third kappa shape index (κ3) is 4.27. The van der Waals surface area contributed by atoms with Crippen LogP contribution in [-0.2, 0) is 28.9 Å². The average molecular weight is 482 g/mol. The maximum absolute atomic E-state index is 11.8. The Morgan fingerprint density at radius 2 is 2.17 bits per heavy atom. The van der Waals surface area contributed by atoms with Gasteiger partial charge in [-0.15, -0.1) is 17.8 Å². The number of benzene rings is 1. The quantitative estimate of drug-likeness (QED) is 0.229. The molecule has 35 heavy (non-hydrogen) atoms. The van der Waals surface area contributed by atoms with Crippen molar-refractivity contribution in [2.45, 2.75) is 33.1 Å². The van der Waals surface area contributed by atoms with Crippen molar-refractivity contribution in [1.29, 1.82) is 0 Å². The van der Waals surface area contributed by atoms with Gasteiger partial charge in [-0.3, -0.25) is 9.78 Å². The number of rotatable bonds is 6. The monoisotopic (exact) mass is 481 g/mol. The molecule has 0 fully saturated rings. The van der Waals surface area contributed by atoms with Gasteiger partial charge in [-0.1, -0.05) is 17.1 Å². The van der Waals surface area contributed by atoms with Crippen LogP contribution >= 0.6 is 11.3 Å². The molecule has 1 aromatic carbocycles. The first-order valence-corrected chi connectivity index (χ1v) is 12.0. The van der Waals surface area contributed by atoms with Gasteiger partial charge < -0.3 is 4.84 Å². The molecule has 0 bridgehead atoms. The zero-order chi connectivity index (χ0) is 24.5. The largest absolute Gasteiger partial charge is 0.399 e. The molecule has 1 aliphatic carbocycles. The van der Waals surface area contributed by atoms with Crippen molar-refractivity contribution in [1.82, 2.24) is 19.7 Å². The second-order valence-corrected chi connectivity index (χ2v) is 9.46. The van der Waals surface area contributed by atoms with Crippen LogP contribution in [0.3, 0.4) is 0 Å². The van der Waals surface area contributed by atoms with Crippen molar-refractivity contribution in [3.63, 3.8) is 0 Å². The highest BCUT2D eigenvalue weighted by molar-refractivity contribution is 7.15. The van der Waals surface area contributed by atoms with E-state index in [9.17, 15) is 4.79 Å². The Balaban J connectivity index is 1.74. The van der Waals surface area contributed by atoms with Crippen molar-refractivity contribution in [3.05, 3.63) is 69.6 Å². The molecule has 7 nitrogen and oxygen atoms in total. The normalized spacial score (nSPS) is 12.3. The molecule has 4 aromatic rings. The molecule has 0 amide bonds. The molecule has 8 heteroatoms. The fourth-order valence-electron chi connectivity index (χ4n) is 4.27. The van der Waals surface area contributed by atoms with Crippen LogP contribution in [0.25, 0.3) is 27.5 Å². The molecule has 0 radical (unpaired) electrons. The van der Waals surface area contributed by atoms with Crippen LogP contribution in [0.4, 0.5) is 0 Å². The molecule has 0 saturated carbocycles. The number of aryl methyl sites for hydroxylation is 2. The molecule has 174 valence electrons. The lowest BCUT2D eigenvalue weighted by atomic mass is 9.95. The third-order valence-electron chi connectivity index (χ3n) is 5.85. The lowest BCUT2D eigenvalue weighted by Gasteiger charge is -2.15. The maximum Gasteiger partial charge on any atom is 0.136 e. The smallest absolute Gasteiger partial charge is 0.136 e. The summed E-state index contributed by atoms with van der Waals surface area (Å²) in [6.07, 6.45) is 11.3. The molecule has 3 heterocycles. The van der Waals surface area contributed by atoms with Crippen molar-refractivity contribution in [2.75, 3.05) is 7.11 Å². The van der Waals surface area contributed by atoms with Gasteiger partial charge in [0.25, 0.3) is 0 Å². The second-order valence-electron chi connectivity index (χ2n) is 8.38. The van der Waals surface area contributed by atoms with Crippen LogP contribution in [0.5, 0.6) is 0 Å². The number of pyridine rings is 1. The molecule has 0 saturated heterocycles. The van der Waals surface area contributed by atoms with Gasteiger partial charge in [0.1, 0.15) is 17.9 Å². The van der Waals surface area contributed by atoms with E-state index >= 15 is 0 Å². The predicted molar refractivity (Wildman–Crippen MR) is 137 cm³/mol. The molecule has 0 spiro atoms. The van der Waals surface area contributed by atoms with Gasteiger partial charge in [0.05, 0.1) is 45.8 Å². The lowest BCUT2D eigenvalue weighted by Crippen LogP contribution is -2.07. The zero-order valence-corrected chi connectivity index (χ0v) is 20.5. The number of Topliss-reactive ketones (excluding diaryl/α,β-unsaturated/α-hetero) is 1. The van der Waals surface area contributed by atoms with Crippen LogP contribution in [0.2, 0.25) is 0 Å². The van der Waals surface area contributed by atoms with E-state index in [0.717, 1.165) is 67.9 Å². The molecule has 0 unspecified atom stereocenters. The topological polar surface area (TPSA) is 82.3 Å². The fraction of sp³-hybridized carbons (Fsp3) is 0.222. The minimum Gasteiger partial charge on any atom is -0.399 e. The van der Waals surface area contributed by atoms with Gasteiger partial charge in [-0.2, -0.15) is 5.10 Å². The Hall–Kier alpha value is -4.09. The molecule has 0 aliphatic heterocycles. The Bertz CT molecular complexity index is 1510. The Morgan fingerprint density at radius 3 is 2.89 bits per heavy atom. The van der Waals surface area contributed by atoms with Gasteiger partial charge in [0.2, 0.25) is 0 Å². The first-order chi connectivity index (χ1) is 17.0. The SMILES string of the molecule is C#Cc1cc(/C=N\OC)ccc1-n1nc(-c2ccc(C)nc2)c2c1-c1sc(CC(C)=O)nc1CC2. The Kier molecular flexibility index (Phi) is 6.01. The average Bonchev–Trinajstić information content (AvgIpc) is 3.43. The van der Waals surface area contributed by atoms with Crippen molar-refractivity contribution >= 4 is 23.3 Å². The summed E-state index contributed by atoms with van der Waals surface area (Å²) in [6, 6.07) is 9.80. The molecular weight excluding hydrogens is 458 g/mol. The summed E-state index contributed by atoms with van der Waals surface area (Å²) >= 11 is 1.56. The minimum absolute atomic E-state index is 0.0965. The zero-order valence-electron chi connectivity index (χ0n) is 19.7. The van der Waals surface area contributed by atoms with Crippen LogP contribution in [0.15, 0.2) is 41.7 Å². The van der Waals surface area contributed by atoms with E-state index in [2.05, 4.69) is 16.1 Å². The minimum atomic E-state index is 0.0965. The highest BCUT2D eigenvalue weighted by Crippen LogP contribution is 2.43. The molecule has 0 atom stereocenters. The number of aromatic nitrogens is 4. The standard InChI is InChI=1S/C27H23N5O2S/c1-5-19-13-18(14-29-34-4)7-11-23(19)32-26-21(25(31-32)20-8-6-16(2)28-15-20)9-10-22-27(26)35-24(30-22)12-17(3)33/h1,6-8,11,13-15H,9-10,12H2,2-4H3/b29-14-. The van der Waals surface area contributed by atoms with Gasteiger partial charge in [0.15, 0.2) is 0 Å². The number of hydrogen-bond acceptors (Lipinski definition) is 7. The third-order valence-corrected chi connectivity index (χ3v) is 6.95. The van der Waals surface area contributed by atoms with E-state index < -0.39 is 0 Å². The summed E-state index contributed by atoms with van der Waals surface area (Å²) < 4.78 is 1.92. The van der Waals surface area contributed by atoms with E-state index in [1.165, 1.54) is 7.11 Å². The van der Waals surface area contributed by atoms with Crippen molar-refractivity contribution in [3.8, 4) is 39.9 Å². The summed E-state index contributed by atoms with van der Waals surface area (Å²) in [4.78, 5) is 26.9. The number of nitrogens with zero attached hydrogens (tertiary/aromatic N) is 5. The predicted octanol–water partition coefficient (Wildman–Crippen LogP) is 4.56. The highest BCUT2D eigenvalue weighted by Gasteiger charge is 2.30. The van der Waals surface area contributed by atoms with Gasteiger partial charge in [-0.05, 0) is 56.5 Å². The summed E-state index contributed by atoms with van der Waals surface area (Å²) in [7, 11) is 1.50. The van der Waals surface area contributed by atoms with E-state index in [0.29, 0.717) is 12.0 Å². The number of carbonyl (C=O) groups excluding carboxylic acids is 1. The van der Waals surface area contributed by atoms with Gasteiger partial charge >= 0.3 is 0 Å². The van der Waals surface area contributed by atoms with E-state index in [1.54, 1.807) is 24.5 Å². The molecule has 0 N–H and O–H groups in total. The van der Waals surface area contributed by atoms with Gasteiger partial charge in [0, 0.05) is 23.0 Å². The number of ketones is 1. The Labute approximate surface area is 207 Å². The lowest BCUT2D eigenvalue weighted by molar-refractivity contribution is -0.116.